The standard InChI is InChI=1S/C19H23N9O8P2S2/c1-9-24-17-14(18(29)25-9)23-8-28(17)19-11-4-10(35-19)5-33-37(30,39)32-3-2-27-12(6-34-38(31,40)36-11)26-13-15(20)21-7-22-16(13)27/h7-8,10-11,19H,2-6H2,1H3,(H,30,39)(H,31,40)(H2,20,21,22)(H,24,25,29)/t10-,11+,19+,37?,38?/m0/s1. The summed E-state index contributed by atoms with van der Waals surface area (Å²) < 4.78 is 32.0. The fourth-order valence-electron chi connectivity index (χ4n) is 4.53. The van der Waals surface area contributed by atoms with Crippen LogP contribution in [0.3, 0.4) is 0 Å². The van der Waals surface area contributed by atoms with Gasteiger partial charge in [0.2, 0.25) is 0 Å². The van der Waals surface area contributed by atoms with Crippen LogP contribution in [0.2, 0.25) is 0 Å². The molecule has 0 spiro atoms. The quantitative estimate of drug-likeness (QED) is 0.210. The van der Waals surface area contributed by atoms with Gasteiger partial charge in [-0.1, -0.05) is 0 Å². The van der Waals surface area contributed by atoms with Crippen LogP contribution in [-0.4, -0.2) is 74.2 Å². The predicted octanol–water partition coefficient (Wildman–Crippen LogP) is 0.520. The molecule has 21 heteroatoms. The van der Waals surface area contributed by atoms with Crippen molar-refractivity contribution in [3.63, 3.8) is 0 Å². The van der Waals surface area contributed by atoms with Crippen LogP contribution in [0.1, 0.15) is 24.3 Å². The van der Waals surface area contributed by atoms with E-state index in [1.54, 1.807) is 11.5 Å². The Morgan fingerprint density at radius 2 is 1.93 bits per heavy atom. The van der Waals surface area contributed by atoms with Gasteiger partial charge >= 0.3 is 13.4 Å². The summed E-state index contributed by atoms with van der Waals surface area (Å²) in [6, 6.07) is 0. The molecule has 0 aromatic carbocycles. The van der Waals surface area contributed by atoms with E-state index in [0.29, 0.717) is 22.8 Å². The number of H-pyrrole nitrogens is 1. The topological polar surface area (TPSA) is 220 Å². The molecule has 0 amide bonds. The smallest absolute Gasteiger partial charge is 0.325 e. The van der Waals surface area contributed by atoms with E-state index in [0.717, 1.165) is 0 Å². The second-order valence-electron chi connectivity index (χ2n) is 8.95. The van der Waals surface area contributed by atoms with Gasteiger partial charge in [0.25, 0.3) is 5.56 Å². The average molecular weight is 632 g/mol. The van der Waals surface area contributed by atoms with Gasteiger partial charge < -0.3 is 47.9 Å². The van der Waals surface area contributed by atoms with Crippen LogP contribution in [0.25, 0.3) is 22.3 Å². The van der Waals surface area contributed by atoms with E-state index >= 15 is 0 Å². The van der Waals surface area contributed by atoms with E-state index in [1.807, 2.05) is 0 Å². The lowest BCUT2D eigenvalue weighted by Gasteiger charge is -2.24. The van der Waals surface area contributed by atoms with Crippen molar-refractivity contribution in [2.75, 3.05) is 18.9 Å². The number of aromatic nitrogens is 8. The maximum atomic E-state index is 12.4. The molecule has 0 saturated carbocycles. The molecule has 17 nitrogen and oxygen atoms in total. The molecule has 6 rings (SSSR count). The highest BCUT2D eigenvalue weighted by Crippen LogP contribution is 2.51. The number of nitrogen functional groups attached to an aromatic ring is 1. The van der Waals surface area contributed by atoms with Crippen molar-refractivity contribution in [3.8, 4) is 0 Å². The minimum absolute atomic E-state index is 0.0582. The zero-order valence-corrected chi connectivity index (χ0v) is 24.1. The number of nitrogens with two attached hydrogens (primary N) is 1. The molecule has 1 fully saturated rings. The molecule has 6 heterocycles. The van der Waals surface area contributed by atoms with E-state index in [4.69, 9.17) is 52.2 Å². The molecule has 2 aliphatic rings. The minimum Gasteiger partial charge on any atom is -0.382 e. The van der Waals surface area contributed by atoms with Crippen LogP contribution < -0.4 is 11.3 Å². The van der Waals surface area contributed by atoms with Crippen molar-refractivity contribution in [1.82, 2.24) is 39.0 Å². The van der Waals surface area contributed by atoms with Crippen LogP contribution in [-0.2, 0) is 59.6 Å². The van der Waals surface area contributed by atoms with Crippen molar-refractivity contribution >= 4 is 65.2 Å². The lowest BCUT2D eigenvalue weighted by molar-refractivity contribution is -0.0454. The molecule has 4 aromatic rings. The molecule has 5 N–H and O–H groups in total. The van der Waals surface area contributed by atoms with Gasteiger partial charge in [-0.3, -0.25) is 9.36 Å². The Morgan fingerprint density at radius 3 is 2.75 bits per heavy atom. The van der Waals surface area contributed by atoms with Crippen molar-refractivity contribution in [1.29, 1.82) is 0 Å². The predicted molar refractivity (Wildman–Crippen MR) is 146 cm³/mol. The Balaban J connectivity index is 1.36. The Morgan fingerprint density at radius 1 is 1.10 bits per heavy atom. The number of imidazole rings is 2. The normalized spacial score (nSPS) is 30.2. The molecule has 40 heavy (non-hydrogen) atoms. The Hall–Kier alpha value is -2.28. The summed E-state index contributed by atoms with van der Waals surface area (Å²) in [4.78, 5) is 57.8. The lowest BCUT2D eigenvalue weighted by Crippen LogP contribution is -2.23. The van der Waals surface area contributed by atoms with Gasteiger partial charge in [0.05, 0.1) is 25.6 Å². The molecule has 4 aromatic heterocycles. The molecule has 5 atom stereocenters. The summed E-state index contributed by atoms with van der Waals surface area (Å²) in [5.41, 5.74) is 6.57. The SMILES string of the molecule is Cc1nc2c(ncn2[C@@H]2O[C@@H]3COP(O)(=S)OCCn4c(nc5c(N)ncnc54)COP(O)(=S)O[C@@H]2C3)c(=O)[nH]1. The third-order valence-electron chi connectivity index (χ3n) is 6.23. The molecular formula is C19H23N9O8P2S2. The number of ether oxygens (including phenoxy) is 1. The van der Waals surface area contributed by atoms with E-state index in [1.165, 1.54) is 17.2 Å². The first kappa shape index (κ1) is 27.9. The first-order chi connectivity index (χ1) is 19.0. The summed E-state index contributed by atoms with van der Waals surface area (Å²) >= 11 is 10.5. The van der Waals surface area contributed by atoms with Gasteiger partial charge in [-0.05, 0) is 30.5 Å². The first-order valence-corrected chi connectivity index (χ1v) is 17.0. The van der Waals surface area contributed by atoms with E-state index in [-0.39, 0.29) is 49.8 Å². The Labute approximate surface area is 235 Å². The number of anilines is 1. The van der Waals surface area contributed by atoms with E-state index in [2.05, 4.69) is 29.9 Å². The van der Waals surface area contributed by atoms with E-state index < -0.39 is 37.4 Å². The molecule has 2 aliphatic heterocycles. The van der Waals surface area contributed by atoms with Crippen LogP contribution in [0.4, 0.5) is 5.82 Å². The number of nitrogens with zero attached hydrogens (tertiary/aromatic N) is 7. The number of nitrogens with one attached hydrogen (secondary N) is 1. The summed E-state index contributed by atoms with van der Waals surface area (Å²) in [5.74, 6) is 0.810. The number of hydrogen-bond donors (Lipinski definition) is 4. The van der Waals surface area contributed by atoms with Crippen LogP contribution in [0.15, 0.2) is 17.4 Å². The third-order valence-corrected chi connectivity index (χ3v) is 9.41. The van der Waals surface area contributed by atoms with Crippen molar-refractivity contribution in [2.24, 2.45) is 0 Å². The van der Waals surface area contributed by atoms with Crippen LogP contribution >= 0.6 is 13.4 Å². The number of aryl methyl sites for hydroxylation is 1. The minimum atomic E-state index is -3.90. The fraction of sp³-hybridized carbons (Fsp3) is 0.474. The molecular weight excluding hydrogens is 608 g/mol. The monoisotopic (exact) mass is 631 g/mol. The second-order valence-corrected chi connectivity index (χ2v) is 14.6. The third kappa shape index (κ3) is 5.47. The van der Waals surface area contributed by atoms with Crippen molar-refractivity contribution in [3.05, 3.63) is 34.7 Å². The maximum Gasteiger partial charge on any atom is 0.325 e. The molecule has 2 bridgehead atoms. The highest BCUT2D eigenvalue weighted by molar-refractivity contribution is 8.07. The highest BCUT2D eigenvalue weighted by Gasteiger charge is 2.42. The van der Waals surface area contributed by atoms with Crippen molar-refractivity contribution < 1.29 is 32.6 Å². The first-order valence-electron chi connectivity index (χ1n) is 11.8. The molecule has 1 saturated heterocycles. The van der Waals surface area contributed by atoms with Crippen molar-refractivity contribution in [2.45, 2.75) is 44.9 Å². The van der Waals surface area contributed by atoms with E-state index in [9.17, 15) is 14.6 Å². The number of hydrogen-bond acceptors (Lipinski definition) is 14. The zero-order valence-electron chi connectivity index (χ0n) is 20.7. The summed E-state index contributed by atoms with van der Waals surface area (Å²) in [7, 11) is 0. The average Bonchev–Trinajstić information content (AvgIpc) is 3.57. The summed E-state index contributed by atoms with van der Waals surface area (Å²) in [5, 5.41) is 0. The zero-order chi connectivity index (χ0) is 28.2. The maximum absolute atomic E-state index is 12.4. The summed E-state index contributed by atoms with van der Waals surface area (Å²) in [6.45, 7) is -6.27. The number of rotatable bonds is 1. The summed E-state index contributed by atoms with van der Waals surface area (Å²) in [6.07, 6.45) is 0.345. The number of fused-ring (bicyclic) bond motifs is 6. The van der Waals surface area contributed by atoms with Gasteiger partial charge in [0.15, 0.2) is 34.4 Å². The van der Waals surface area contributed by atoms with Crippen LogP contribution in [0, 0.1) is 6.92 Å². The molecule has 214 valence electrons. The van der Waals surface area contributed by atoms with Crippen LogP contribution in [0.5, 0.6) is 0 Å². The van der Waals surface area contributed by atoms with Gasteiger partial charge in [-0.25, -0.2) is 24.9 Å². The Kier molecular flexibility index (Phi) is 7.33. The van der Waals surface area contributed by atoms with Gasteiger partial charge in [-0.15, -0.1) is 0 Å². The van der Waals surface area contributed by atoms with Gasteiger partial charge in [-0.2, -0.15) is 0 Å². The van der Waals surface area contributed by atoms with Gasteiger partial charge in [0.1, 0.15) is 30.7 Å². The van der Waals surface area contributed by atoms with Gasteiger partial charge in [0, 0.05) is 13.0 Å². The highest BCUT2D eigenvalue weighted by atomic mass is 32.5. The molecule has 0 aliphatic carbocycles. The Bertz CT molecular complexity index is 1760. The second kappa shape index (κ2) is 10.5. The molecule has 0 radical (unpaired) electrons. The molecule has 2 unspecified atom stereocenters. The largest absolute Gasteiger partial charge is 0.382 e. The fourth-order valence-corrected chi connectivity index (χ4v) is 7.04. The lowest BCUT2D eigenvalue weighted by atomic mass is 10.2. The number of aromatic amines is 1.